The maximum Gasteiger partial charge on any atom is 0.250 e. The molecule has 0 unspecified atom stereocenters. The molecule has 122 valence electrons. The van der Waals surface area contributed by atoms with Crippen LogP contribution in [0.15, 0.2) is 35.5 Å². The van der Waals surface area contributed by atoms with E-state index in [1.807, 2.05) is 17.8 Å². The lowest BCUT2D eigenvalue weighted by Crippen LogP contribution is -2.26. The number of rotatable bonds is 4. The van der Waals surface area contributed by atoms with E-state index in [-0.39, 0.29) is 23.5 Å². The molecule has 2 aromatic rings. The smallest absolute Gasteiger partial charge is 0.250 e. The highest BCUT2D eigenvalue weighted by molar-refractivity contribution is 5.93. The lowest BCUT2D eigenvalue weighted by molar-refractivity contribution is -0.121. The SMILES string of the molecule is CCn1cc([C@H]2OCC[C@@H]2C(=O)Nc2ccc(=O)n(C)c2)cn1. The molecule has 1 N–H and O–H groups in total. The van der Waals surface area contributed by atoms with Crippen LogP contribution in [0.2, 0.25) is 0 Å². The van der Waals surface area contributed by atoms with Crippen LogP contribution in [-0.4, -0.2) is 26.9 Å². The van der Waals surface area contributed by atoms with Crippen LogP contribution in [0.5, 0.6) is 0 Å². The van der Waals surface area contributed by atoms with E-state index in [0.29, 0.717) is 18.7 Å². The fraction of sp³-hybridized carbons (Fsp3) is 0.438. The van der Waals surface area contributed by atoms with E-state index in [2.05, 4.69) is 10.4 Å². The molecule has 2 atom stereocenters. The van der Waals surface area contributed by atoms with Crippen LogP contribution in [-0.2, 0) is 23.1 Å². The summed E-state index contributed by atoms with van der Waals surface area (Å²) in [6.07, 6.45) is 5.68. The van der Waals surface area contributed by atoms with Crippen molar-refractivity contribution in [2.24, 2.45) is 13.0 Å². The fourth-order valence-corrected chi connectivity index (χ4v) is 2.79. The van der Waals surface area contributed by atoms with Crippen molar-refractivity contribution in [1.82, 2.24) is 14.3 Å². The van der Waals surface area contributed by atoms with E-state index in [1.54, 1.807) is 25.5 Å². The van der Waals surface area contributed by atoms with Crippen molar-refractivity contribution in [2.45, 2.75) is 26.0 Å². The molecule has 1 aliphatic rings. The molecule has 0 aliphatic carbocycles. The van der Waals surface area contributed by atoms with E-state index < -0.39 is 0 Å². The quantitative estimate of drug-likeness (QED) is 0.923. The predicted octanol–water partition coefficient (Wildman–Crippen LogP) is 1.32. The molecule has 7 heteroatoms. The minimum atomic E-state index is -0.275. The predicted molar refractivity (Wildman–Crippen MR) is 85.0 cm³/mol. The molecule has 1 amide bonds. The Balaban J connectivity index is 1.75. The maximum atomic E-state index is 12.6. The van der Waals surface area contributed by atoms with E-state index in [1.165, 1.54) is 10.6 Å². The number of pyridine rings is 1. The van der Waals surface area contributed by atoms with Crippen molar-refractivity contribution < 1.29 is 9.53 Å². The molecule has 1 fully saturated rings. The number of aryl methyl sites for hydroxylation is 2. The third-order valence-electron chi connectivity index (χ3n) is 4.09. The van der Waals surface area contributed by atoms with Gasteiger partial charge in [0.15, 0.2) is 0 Å². The number of hydrogen-bond donors (Lipinski definition) is 1. The molecule has 3 heterocycles. The van der Waals surface area contributed by atoms with Gasteiger partial charge in [0.2, 0.25) is 11.5 Å². The molecule has 0 radical (unpaired) electrons. The second kappa shape index (κ2) is 6.37. The molecule has 7 nitrogen and oxygen atoms in total. The van der Waals surface area contributed by atoms with Gasteiger partial charge in [0.1, 0.15) is 0 Å². The Morgan fingerprint density at radius 1 is 1.43 bits per heavy atom. The van der Waals surface area contributed by atoms with Crippen molar-refractivity contribution in [1.29, 1.82) is 0 Å². The van der Waals surface area contributed by atoms with Gasteiger partial charge in [0.05, 0.1) is 23.9 Å². The summed E-state index contributed by atoms with van der Waals surface area (Å²) in [5, 5.41) is 7.11. The first-order chi connectivity index (χ1) is 11.1. The molecule has 1 aliphatic heterocycles. The van der Waals surface area contributed by atoms with Crippen LogP contribution in [0, 0.1) is 5.92 Å². The Labute approximate surface area is 133 Å². The van der Waals surface area contributed by atoms with E-state index in [9.17, 15) is 9.59 Å². The zero-order valence-electron chi connectivity index (χ0n) is 13.2. The van der Waals surface area contributed by atoms with E-state index >= 15 is 0 Å². The normalized spacial score (nSPS) is 20.6. The summed E-state index contributed by atoms with van der Waals surface area (Å²) in [7, 11) is 1.65. The highest BCUT2D eigenvalue weighted by atomic mass is 16.5. The van der Waals surface area contributed by atoms with Crippen molar-refractivity contribution >= 4 is 11.6 Å². The number of ether oxygens (including phenoxy) is 1. The zero-order chi connectivity index (χ0) is 16.4. The number of nitrogens with one attached hydrogen (secondary N) is 1. The number of amides is 1. The Morgan fingerprint density at radius 3 is 2.96 bits per heavy atom. The third-order valence-corrected chi connectivity index (χ3v) is 4.09. The molecule has 1 saturated heterocycles. The second-order valence-electron chi connectivity index (χ2n) is 5.67. The van der Waals surface area contributed by atoms with Crippen molar-refractivity contribution in [2.75, 3.05) is 11.9 Å². The monoisotopic (exact) mass is 316 g/mol. The summed E-state index contributed by atoms with van der Waals surface area (Å²) in [6, 6.07) is 3.05. The highest BCUT2D eigenvalue weighted by Crippen LogP contribution is 2.35. The first-order valence-electron chi connectivity index (χ1n) is 7.70. The Kier molecular flexibility index (Phi) is 4.29. The van der Waals surface area contributed by atoms with E-state index in [0.717, 1.165) is 12.1 Å². The molecule has 2 aromatic heterocycles. The summed E-state index contributed by atoms with van der Waals surface area (Å²) in [6.45, 7) is 3.34. The number of hydrogen-bond acceptors (Lipinski definition) is 4. The maximum absolute atomic E-state index is 12.6. The topological polar surface area (TPSA) is 78.1 Å². The lowest BCUT2D eigenvalue weighted by Gasteiger charge is -2.17. The molecular weight excluding hydrogens is 296 g/mol. The van der Waals surface area contributed by atoms with Crippen molar-refractivity contribution in [3.8, 4) is 0 Å². The van der Waals surface area contributed by atoms with Gasteiger partial charge in [-0.15, -0.1) is 0 Å². The van der Waals surface area contributed by atoms with Gasteiger partial charge in [0, 0.05) is 44.2 Å². The van der Waals surface area contributed by atoms with Gasteiger partial charge in [0.25, 0.3) is 0 Å². The summed E-state index contributed by atoms with van der Waals surface area (Å²) >= 11 is 0. The lowest BCUT2D eigenvalue weighted by atomic mass is 9.96. The van der Waals surface area contributed by atoms with Crippen LogP contribution in [0.1, 0.15) is 25.0 Å². The fourth-order valence-electron chi connectivity index (χ4n) is 2.79. The van der Waals surface area contributed by atoms with Crippen LogP contribution >= 0.6 is 0 Å². The molecule has 0 saturated carbocycles. The zero-order valence-corrected chi connectivity index (χ0v) is 13.2. The average Bonchev–Trinajstić information content (AvgIpc) is 3.18. The van der Waals surface area contributed by atoms with Gasteiger partial charge < -0.3 is 14.6 Å². The molecule has 0 bridgehead atoms. The largest absolute Gasteiger partial charge is 0.373 e. The summed E-state index contributed by atoms with van der Waals surface area (Å²) in [5.41, 5.74) is 1.41. The first-order valence-corrected chi connectivity index (χ1v) is 7.70. The van der Waals surface area contributed by atoms with Crippen molar-refractivity contribution in [3.63, 3.8) is 0 Å². The van der Waals surface area contributed by atoms with Gasteiger partial charge in [-0.1, -0.05) is 0 Å². The van der Waals surface area contributed by atoms with E-state index in [4.69, 9.17) is 4.74 Å². The molecule has 23 heavy (non-hydrogen) atoms. The van der Waals surface area contributed by atoms with Gasteiger partial charge in [-0.2, -0.15) is 5.10 Å². The minimum absolute atomic E-state index is 0.101. The minimum Gasteiger partial charge on any atom is -0.373 e. The molecule has 0 aromatic carbocycles. The Hall–Kier alpha value is -2.41. The van der Waals surface area contributed by atoms with Crippen molar-refractivity contribution in [3.05, 3.63) is 46.6 Å². The van der Waals surface area contributed by atoms with Gasteiger partial charge >= 0.3 is 0 Å². The van der Waals surface area contributed by atoms with Crippen LogP contribution in [0.3, 0.4) is 0 Å². The number of anilines is 1. The Morgan fingerprint density at radius 2 is 2.26 bits per heavy atom. The number of aromatic nitrogens is 3. The average molecular weight is 316 g/mol. The standard InChI is InChI=1S/C16H20N4O3/c1-3-20-9-11(8-17-20)15-13(6-7-23-15)16(22)18-12-4-5-14(21)19(2)10-12/h4-5,8-10,13,15H,3,6-7H2,1-2H3,(H,18,22)/t13-,15+/m0/s1. The van der Waals surface area contributed by atoms with Crippen LogP contribution < -0.4 is 10.9 Å². The summed E-state index contributed by atoms with van der Waals surface area (Å²) in [5.74, 6) is -0.364. The van der Waals surface area contributed by atoms with Gasteiger partial charge in [-0.25, -0.2) is 0 Å². The van der Waals surface area contributed by atoms with Gasteiger partial charge in [-0.3, -0.25) is 14.3 Å². The molecule has 3 rings (SSSR count). The number of carbonyl (C=O) groups is 1. The molecular formula is C16H20N4O3. The molecule has 0 spiro atoms. The van der Waals surface area contributed by atoms with Gasteiger partial charge in [-0.05, 0) is 19.4 Å². The third kappa shape index (κ3) is 3.19. The number of nitrogens with zero attached hydrogens (tertiary/aromatic N) is 3. The number of carbonyl (C=O) groups excluding carboxylic acids is 1. The summed E-state index contributed by atoms with van der Waals surface area (Å²) < 4.78 is 8.99. The van der Waals surface area contributed by atoms with Crippen LogP contribution in [0.4, 0.5) is 5.69 Å². The second-order valence-corrected chi connectivity index (χ2v) is 5.67. The summed E-state index contributed by atoms with van der Waals surface area (Å²) in [4.78, 5) is 24.0. The Bertz CT molecular complexity index is 765. The van der Waals surface area contributed by atoms with Crippen LogP contribution in [0.25, 0.3) is 0 Å². The first kappa shape index (κ1) is 15.5. The highest BCUT2D eigenvalue weighted by Gasteiger charge is 2.36.